The molecule has 15 heavy (non-hydrogen) atoms. The lowest BCUT2D eigenvalue weighted by Crippen LogP contribution is -2.20. The maximum absolute atomic E-state index is 5.31. The number of hydrogen-bond acceptors (Lipinski definition) is 5. The summed E-state index contributed by atoms with van der Waals surface area (Å²) in [4.78, 5) is 4.35. The van der Waals surface area contributed by atoms with Crippen molar-refractivity contribution in [3.05, 3.63) is 16.1 Å². The Bertz CT molecular complexity index is 266. The molecule has 4 nitrogen and oxygen atoms in total. The van der Waals surface area contributed by atoms with Crippen LogP contribution in [-0.2, 0) is 16.0 Å². The first-order chi connectivity index (χ1) is 7.33. The molecule has 0 saturated heterocycles. The first-order valence-corrected chi connectivity index (χ1v) is 5.89. The third-order valence-corrected chi connectivity index (χ3v) is 2.65. The summed E-state index contributed by atoms with van der Waals surface area (Å²) in [5, 5.41) is 6.46. The molecule has 1 aromatic heterocycles. The molecule has 1 N–H and O–H groups in total. The predicted octanol–water partition coefficient (Wildman–Crippen LogP) is 1.20. The zero-order chi connectivity index (χ0) is 10.9. The zero-order valence-corrected chi connectivity index (χ0v) is 10.1. The Morgan fingerprint density at radius 1 is 1.40 bits per heavy atom. The van der Waals surface area contributed by atoms with Crippen LogP contribution in [0.1, 0.15) is 10.7 Å². The van der Waals surface area contributed by atoms with Crippen molar-refractivity contribution in [2.45, 2.75) is 13.5 Å². The highest BCUT2D eigenvalue weighted by molar-refractivity contribution is 7.09. The van der Waals surface area contributed by atoms with Crippen LogP contribution < -0.4 is 5.32 Å². The topological polar surface area (TPSA) is 43.4 Å². The van der Waals surface area contributed by atoms with Gasteiger partial charge in [-0.3, -0.25) is 0 Å². The Morgan fingerprint density at radius 3 is 2.93 bits per heavy atom. The van der Waals surface area contributed by atoms with Crippen molar-refractivity contribution in [3.63, 3.8) is 0 Å². The van der Waals surface area contributed by atoms with Gasteiger partial charge in [0.05, 0.1) is 30.5 Å². The van der Waals surface area contributed by atoms with Gasteiger partial charge in [0.1, 0.15) is 0 Å². The standard InChI is InChI=1S/C10H18N2O2S/c1-9-12-10(8-15-9)7-11-3-4-14-6-5-13-2/h8,11H,3-7H2,1-2H3. The van der Waals surface area contributed by atoms with E-state index < -0.39 is 0 Å². The monoisotopic (exact) mass is 230 g/mol. The summed E-state index contributed by atoms with van der Waals surface area (Å²) >= 11 is 1.68. The molecule has 0 fully saturated rings. The van der Waals surface area contributed by atoms with E-state index in [9.17, 15) is 0 Å². The van der Waals surface area contributed by atoms with Crippen molar-refractivity contribution >= 4 is 11.3 Å². The van der Waals surface area contributed by atoms with Crippen LogP contribution in [0, 0.1) is 6.92 Å². The molecule has 0 saturated carbocycles. The maximum Gasteiger partial charge on any atom is 0.0897 e. The largest absolute Gasteiger partial charge is 0.382 e. The van der Waals surface area contributed by atoms with E-state index in [1.165, 1.54) is 0 Å². The number of nitrogens with one attached hydrogen (secondary N) is 1. The summed E-state index contributed by atoms with van der Waals surface area (Å²) in [5.74, 6) is 0. The smallest absolute Gasteiger partial charge is 0.0897 e. The van der Waals surface area contributed by atoms with Gasteiger partial charge in [0, 0.05) is 25.6 Å². The number of hydrogen-bond donors (Lipinski definition) is 1. The van der Waals surface area contributed by atoms with Crippen LogP contribution in [-0.4, -0.2) is 38.5 Å². The van der Waals surface area contributed by atoms with Gasteiger partial charge in [-0.1, -0.05) is 0 Å². The minimum absolute atomic E-state index is 0.658. The molecule has 0 bridgehead atoms. The van der Waals surface area contributed by atoms with Crippen LogP contribution in [0.4, 0.5) is 0 Å². The summed E-state index contributed by atoms with van der Waals surface area (Å²) in [6.07, 6.45) is 0. The average Bonchev–Trinajstić information content (AvgIpc) is 2.63. The van der Waals surface area contributed by atoms with E-state index >= 15 is 0 Å². The normalized spacial score (nSPS) is 10.8. The number of thiazole rings is 1. The molecule has 0 atom stereocenters. The van der Waals surface area contributed by atoms with Crippen LogP contribution in [0.25, 0.3) is 0 Å². The Balaban J connectivity index is 1.93. The molecular weight excluding hydrogens is 212 g/mol. The second-order valence-corrected chi connectivity index (χ2v) is 4.20. The van der Waals surface area contributed by atoms with Gasteiger partial charge >= 0.3 is 0 Å². The van der Waals surface area contributed by atoms with Gasteiger partial charge in [-0.2, -0.15) is 0 Å². The van der Waals surface area contributed by atoms with E-state index in [2.05, 4.69) is 15.7 Å². The molecule has 0 spiro atoms. The summed E-state index contributed by atoms with van der Waals surface area (Å²) in [6.45, 7) is 5.71. The number of methoxy groups -OCH3 is 1. The molecule has 5 heteroatoms. The van der Waals surface area contributed by atoms with Crippen LogP contribution in [0.5, 0.6) is 0 Å². The summed E-state index contributed by atoms with van der Waals surface area (Å²) in [6, 6.07) is 0. The second-order valence-electron chi connectivity index (χ2n) is 3.14. The zero-order valence-electron chi connectivity index (χ0n) is 9.28. The van der Waals surface area contributed by atoms with Crippen LogP contribution in [0.2, 0.25) is 0 Å². The molecule has 0 aromatic carbocycles. The van der Waals surface area contributed by atoms with E-state index in [-0.39, 0.29) is 0 Å². The van der Waals surface area contributed by atoms with E-state index in [0.717, 1.165) is 23.8 Å². The van der Waals surface area contributed by atoms with Gasteiger partial charge in [-0.05, 0) is 6.92 Å². The Labute approximate surface area is 94.6 Å². The van der Waals surface area contributed by atoms with Gasteiger partial charge < -0.3 is 14.8 Å². The van der Waals surface area contributed by atoms with E-state index in [4.69, 9.17) is 9.47 Å². The molecule has 1 heterocycles. The molecule has 0 unspecified atom stereocenters. The van der Waals surface area contributed by atoms with Crippen molar-refractivity contribution in [1.29, 1.82) is 0 Å². The van der Waals surface area contributed by atoms with Crippen molar-refractivity contribution in [2.75, 3.05) is 33.5 Å². The van der Waals surface area contributed by atoms with Crippen LogP contribution >= 0.6 is 11.3 Å². The molecule has 0 amide bonds. The summed E-state index contributed by atoms with van der Waals surface area (Å²) in [7, 11) is 1.67. The second kappa shape index (κ2) is 7.76. The van der Waals surface area contributed by atoms with Gasteiger partial charge in [-0.15, -0.1) is 11.3 Å². The fourth-order valence-corrected chi connectivity index (χ4v) is 1.71. The number of ether oxygens (including phenoxy) is 2. The highest BCUT2D eigenvalue weighted by Gasteiger charge is 1.96. The van der Waals surface area contributed by atoms with E-state index in [0.29, 0.717) is 19.8 Å². The fourth-order valence-electron chi connectivity index (χ4n) is 1.09. The molecule has 1 rings (SSSR count). The highest BCUT2D eigenvalue weighted by atomic mass is 32.1. The quantitative estimate of drug-likeness (QED) is 0.682. The average molecular weight is 230 g/mol. The molecule has 0 radical (unpaired) electrons. The lowest BCUT2D eigenvalue weighted by Gasteiger charge is -2.04. The summed E-state index contributed by atoms with van der Waals surface area (Å²) < 4.78 is 10.2. The number of aromatic nitrogens is 1. The van der Waals surface area contributed by atoms with E-state index in [1.807, 2.05) is 6.92 Å². The van der Waals surface area contributed by atoms with Gasteiger partial charge in [0.25, 0.3) is 0 Å². The third kappa shape index (κ3) is 5.84. The van der Waals surface area contributed by atoms with Crippen molar-refractivity contribution < 1.29 is 9.47 Å². The summed E-state index contributed by atoms with van der Waals surface area (Å²) in [5.41, 5.74) is 1.11. The number of nitrogens with zero attached hydrogens (tertiary/aromatic N) is 1. The minimum atomic E-state index is 0.658. The predicted molar refractivity (Wildman–Crippen MR) is 61.3 cm³/mol. The van der Waals surface area contributed by atoms with E-state index in [1.54, 1.807) is 18.4 Å². The van der Waals surface area contributed by atoms with Crippen molar-refractivity contribution in [1.82, 2.24) is 10.3 Å². The Kier molecular flexibility index (Phi) is 6.50. The molecule has 86 valence electrons. The maximum atomic E-state index is 5.31. The van der Waals surface area contributed by atoms with Crippen LogP contribution in [0.3, 0.4) is 0 Å². The SMILES string of the molecule is COCCOCCNCc1csc(C)n1. The highest BCUT2D eigenvalue weighted by Crippen LogP contribution is 2.06. The fraction of sp³-hybridized carbons (Fsp3) is 0.700. The van der Waals surface area contributed by atoms with Crippen molar-refractivity contribution in [2.24, 2.45) is 0 Å². The van der Waals surface area contributed by atoms with Crippen LogP contribution in [0.15, 0.2) is 5.38 Å². The lowest BCUT2D eigenvalue weighted by molar-refractivity contribution is 0.0719. The molecular formula is C10H18N2O2S. The molecule has 0 aliphatic heterocycles. The van der Waals surface area contributed by atoms with Crippen molar-refractivity contribution in [3.8, 4) is 0 Å². The van der Waals surface area contributed by atoms with Gasteiger partial charge in [0.2, 0.25) is 0 Å². The van der Waals surface area contributed by atoms with Gasteiger partial charge in [-0.25, -0.2) is 4.98 Å². The number of aryl methyl sites for hydroxylation is 1. The Morgan fingerprint density at radius 2 is 2.27 bits per heavy atom. The number of rotatable bonds is 8. The minimum Gasteiger partial charge on any atom is -0.382 e. The lowest BCUT2D eigenvalue weighted by atomic mass is 10.5. The molecule has 1 aromatic rings. The first kappa shape index (κ1) is 12.6. The molecule has 0 aliphatic rings. The first-order valence-electron chi connectivity index (χ1n) is 5.01. The molecule has 0 aliphatic carbocycles. The third-order valence-electron chi connectivity index (χ3n) is 1.83. The Hall–Kier alpha value is -0.490. The van der Waals surface area contributed by atoms with Gasteiger partial charge in [0.15, 0.2) is 0 Å².